The average Bonchev–Trinajstić information content (AvgIpc) is 2.25. The highest BCUT2D eigenvalue weighted by Crippen LogP contribution is 2.25. The summed E-state index contributed by atoms with van der Waals surface area (Å²) in [5.41, 5.74) is 11.0. The Morgan fingerprint density at radius 3 is 2.18 bits per heavy atom. The van der Waals surface area contributed by atoms with E-state index in [0.29, 0.717) is 0 Å². The number of primary amides is 1. The van der Waals surface area contributed by atoms with Crippen LogP contribution in [0.4, 0.5) is 0 Å². The van der Waals surface area contributed by atoms with Crippen molar-refractivity contribution in [1.82, 2.24) is 4.90 Å². The smallest absolute Gasteiger partial charge is 0.237 e. The Bertz CT molecular complexity index is 283. The zero-order valence-corrected chi connectivity index (χ0v) is 10.7. The number of hydrogen-bond donors (Lipinski definition) is 2. The molecule has 0 radical (unpaired) electrons. The molecule has 1 aliphatic rings. The molecule has 0 bridgehead atoms. The molecule has 17 heavy (non-hydrogen) atoms. The van der Waals surface area contributed by atoms with Crippen LogP contribution in [0.5, 0.6) is 0 Å². The first-order valence-electron chi connectivity index (χ1n) is 6.26. The molecule has 2 amide bonds. The number of nitrogens with two attached hydrogens (primary N) is 2. The first-order valence-corrected chi connectivity index (χ1v) is 6.26. The molecule has 0 aliphatic heterocycles. The summed E-state index contributed by atoms with van der Waals surface area (Å²) in [7, 11) is 0. The van der Waals surface area contributed by atoms with Crippen LogP contribution in [0.25, 0.3) is 0 Å². The molecule has 0 aromatic carbocycles. The number of nitrogens with zero attached hydrogens (tertiary/aromatic N) is 1. The van der Waals surface area contributed by atoms with E-state index in [4.69, 9.17) is 11.5 Å². The molecule has 1 saturated carbocycles. The summed E-state index contributed by atoms with van der Waals surface area (Å²) in [4.78, 5) is 24.8. The highest BCUT2D eigenvalue weighted by molar-refractivity contribution is 5.85. The lowest BCUT2D eigenvalue weighted by Crippen LogP contribution is -2.46. The van der Waals surface area contributed by atoms with Crippen molar-refractivity contribution in [2.75, 3.05) is 6.54 Å². The van der Waals surface area contributed by atoms with E-state index in [1.807, 2.05) is 13.8 Å². The van der Waals surface area contributed by atoms with Gasteiger partial charge >= 0.3 is 0 Å². The largest absolute Gasteiger partial charge is 0.368 e. The lowest BCUT2D eigenvalue weighted by Gasteiger charge is -2.32. The standard InChI is InChI=1S/C12H23N3O2/c1-8(2)15(7-11(14)16)12(17)9-3-5-10(13)6-4-9/h8-10H,3-7,13H2,1-2H3,(H2,14,16). The minimum atomic E-state index is -0.459. The van der Waals surface area contributed by atoms with Crippen molar-refractivity contribution >= 4 is 11.8 Å². The summed E-state index contributed by atoms with van der Waals surface area (Å²) in [6.07, 6.45) is 3.42. The van der Waals surface area contributed by atoms with Gasteiger partial charge in [-0.1, -0.05) is 0 Å². The highest BCUT2D eigenvalue weighted by atomic mass is 16.2. The molecule has 0 aromatic heterocycles. The van der Waals surface area contributed by atoms with Gasteiger partial charge in [0.2, 0.25) is 11.8 Å². The number of carbonyl (C=O) groups excluding carboxylic acids is 2. The molecule has 0 atom stereocenters. The normalized spacial score (nSPS) is 24.7. The van der Waals surface area contributed by atoms with Crippen molar-refractivity contribution in [1.29, 1.82) is 0 Å². The molecule has 5 nitrogen and oxygen atoms in total. The van der Waals surface area contributed by atoms with E-state index in [1.54, 1.807) is 4.90 Å². The van der Waals surface area contributed by atoms with Gasteiger partial charge in [-0.3, -0.25) is 9.59 Å². The third-order valence-corrected chi connectivity index (χ3v) is 3.35. The minimum absolute atomic E-state index is 0.00519. The molecular weight excluding hydrogens is 218 g/mol. The maximum absolute atomic E-state index is 12.3. The number of amides is 2. The Morgan fingerprint density at radius 1 is 1.24 bits per heavy atom. The summed E-state index contributed by atoms with van der Waals surface area (Å²) < 4.78 is 0. The van der Waals surface area contributed by atoms with E-state index in [0.717, 1.165) is 25.7 Å². The molecule has 0 spiro atoms. The van der Waals surface area contributed by atoms with Gasteiger partial charge in [-0.15, -0.1) is 0 Å². The van der Waals surface area contributed by atoms with Gasteiger partial charge in [0.05, 0.1) is 6.54 Å². The average molecular weight is 241 g/mol. The molecule has 4 N–H and O–H groups in total. The molecule has 0 saturated heterocycles. The lowest BCUT2D eigenvalue weighted by molar-refractivity contribution is -0.141. The van der Waals surface area contributed by atoms with E-state index in [9.17, 15) is 9.59 Å². The van der Waals surface area contributed by atoms with Gasteiger partial charge in [-0.2, -0.15) is 0 Å². The van der Waals surface area contributed by atoms with Crippen LogP contribution in [0.1, 0.15) is 39.5 Å². The topological polar surface area (TPSA) is 89.4 Å². The van der Waals surface area contributed by atoms with Crippen molar-refractivity contribution in [2.45, 2.75) is 51.6 Å². The predicted molar refractivity (Wildman–Crippen MR) is 66.0 cm³/mol. The number of rotatable bonds is 4. The van der Waals surface area contributed by atoms with Crippen LogP contribution in [0.3, 0.4) is 0 Å². The molecular formula is C12H23N3O2. The van der Waals surface area contributed by atoms with E-state index in [2.05, 4.69) is 0 Å². The summed E-state index contributed by atoms with van der Waals surface area (Å²) in [6.45, 7) is 3.81. The molecule has 98 valence electrons. The van der Waals surface area contributed by atoms with Crippen LogP contribution in [0, 0.1) is 5.92 Å². The van der Waals surface area contributed by atoms with Crippen molar-refractivity contribution in [3.8, 4) is 0 Å². The van der Waals surface area contributed by atoms with Crippen LogP contribution in [0.2, 0.25) is 0 Å². The quantitative estimate of drug-likeness (QED) is 0.738. The lowest BCUT2D eigenvalue weighted by atomic mass is 9.85. The molecule has 1 fully saturated rings. The first-order chi connectivity index (χ1) is 7.91. The molecule has 5 heteroatoms. The molecule has 0 aromatic rings. The van der Waals surface area contributed by atoms with Crippen LogP contribution in [-0.4, -0.2) is 35.3 Å². The molecule has 0 heterocycles. The second-order valence-electron chi connectivity index (χ2n) is 5.14. The number of carbonyl (C=O) groups is 2. The van der Waals surface area contributed by atoms with E-state index < -0.39 is 5.91 Å². The summed E-state index contributed by atoms with van der Waals surface area (Å²) in [5, 5.41) is 0. The van der Waals surface area contributed by atoms with Gasteiger partial charge in [0.25, 0.3) is 0 Å². The second kappa shape index (κ2) is 6.00. The number of hydrogen-bond acceptors (Lipinski definition) is 3. The summed E-state index contributed by atoms with van der Waals surface area (Å²) >= 11 is 0. The first kappa shape index (κ1) is 14.0. The SMILES string of the molecule is CC(C)N(CC(N)=O)C(=O)C1CCC(N)CC1. The Balaban J connectivity index is 2.61. The fourth-order valence-electron chi connectivity index (χ4n) is 2.28. The van der Waals surface area contributed by atoms with Crippen molar-refractivity contribution in [3.63, 3.8) is 0 Å². The van der Waals surface area contributed by atoms with Gasteiger partial charge in [0.15, 0.2) is 0 Å². The minimum Gasteiger partial charge on any atom is -0.368 e. The zero-order valence-electron chi connectivity index (χ0n) is 10.7. The highest BCUT2D eigenvalue weighted by Gasteiger charge is 2.30. The van der Waals surface area contributed by atoms with Gasteiger partial charge in [-0.25, -0.2) is 0 Å². The van der Waals surface area contributed by atoms with E-state index in [1.165, 1.54) is 0 Å². The van der Waals surface area contributed by atoms with Crippen molar-refractivity contribution < 1.29 is 9.59 Å². The molecule has 1 aliphatic carbocycles. The van der Waals surface area contributed by atoms with Crippen molar-refractivity contribution in [3.05, 3.63) is 0 Å². The Kier molecular flexibility index (Phi) is 4.93. The molecule has 1 rings (SSSR count). The van der Waals surface area contributed by atoms with Crippen molar-refractivity contribution in [2.24, 2.45) is 17.4 Å². The Morgan fingerprint density at radius 2 is 1.76 bits per heavy atom. The Labute approximate surface area is 103 Å². The zero-order chi connectivity index (χ0) is 13.0. The summed E-state index contributed by atoms with van der Waals surface area (Å²) in [5.74, 6) is -0.401. The van der Waals surface area contributed by atoms with Gasteiger partial charge in [-0.05, 0) is 39.5 Å². The fourth-order valence-corrected chi connectivity index (χ4v) is 2.28. The maximum atomic E-state index is 12.3. The third-order valence-electron chi connectivity index (χ3n) is 3.35. The summed E-state index contributed by atoms with van der Waals surface area (Å²) in [6, 6.07) is 0.230. The van der Waals surface area contributed by atoms with E-state index in [-0.39, 0.29) is 30.5 Å². The monoisotopic (exact) mass is 241 g/mol. The van der Waals surface area contributed by atoms with Gasteiger partial charge < -0.3 is 16.4 Å². The third kappa shape index (κ3) is 4.00. The van der Waals surface area contributed by atoms with Crippen LogP contribution in [0.15, 0.2) is 0 Å². The maximum Gasteiger partial charge on any atom is 0.237 e. The predicted octanol–water partition coefficient (Wildman–Crippen LogP) is 0.226. The van der Waals surface area contributed by atoms with Crippen LogP contribution >= 0.6 is 0 Å². The van der Waals surface area contributed by atoms with Gasteiger partial charge in [0, 0.05) is 18.0 Å². The van der Waals surface area contributed by atoms with Crippen LogP contribution in [-0.2, 0) is 9.59 Å². The van der Waals surface area contributed by atoms with Gasteiger partial charge in [0.1, 0.15) is 0 Å². The fraction of sp³-hybridized carbons (Fsp3) is 0.833. The van der Waals surface area contributed by atoms with Crippen LogP contribution < -0.4 is 11.5 Å². The Hall–Kier alpha value is -1.10. The molecule has 0 unspecified atom stereocenters. The van der Waals surface area contributed by atoms with E-state index >= 15 is 0 Å². The second-order valence-corrected chi connectivity index (χ2v) is 5.14.